The van der Waals surface area contributed by atoms with Gasteiger partial charge in [0.1, 0.15) is 5.75 Å². The summed E-state index contributed by atoms with van der Waals surface area (Å²) in [6, 6.07) is 7.09. The highest BCUT2D eigenvalue weighted by atomic mass is 32.1. The van der Waals surface area contributed by atoms with Crippen molar-refractivity contribution in [3.05, 3.63) is 45.2 Å². The average molecular weight is 396 g/mol. The number of nitriles is 2. The van der Waals surface area contributed by atoms with Gasteiger partial charge in [-0.3, -0.25) is 0 Å². The molecule has 6 nitrogen and oxygen atoms in total. The van der Waals surface area contributed by atoms with Crippen molar-refractivity contribution in [2.45, 2.75) is 46.6 Å². The minimum atomic E-state index is -0.0118. The summed E-state index contributed by atoms with van der Waals surface area (Å²) in [6.45, 7) is 11.6. The zero-order chi connectivity index (χ0) is 20.9. The normalized spacial score (nSPS) is 12.8. The molecule has 7 heteroatoms. The molecule has 146 valence electrons. The van der Waals surface area contributed by atoms with Crippen molar-refractivity contribution in [2.75, 3.05) is 7.11 Å². The van der Waals surface area contributed by atoms with Gasteiger partial charge in [0, 0.05) is 17.6 Å². The van der Waals surface area contributed by atoms with Gasteiger partial charge in [-0.2, -0.15) is 20.5 Å². The number of rotatable bonds is 4. The number of amidine groups is 1. The molecule has 2 aromatic rings. The van der Waals surface area contributed by atoms with Crippen molar-refractivity contribution in [2.24, 2.45) is 15.9 Å². The fourth-order valence-electron chi connectivity index (χ4n) is 2.57. The summed E-state index contributed by atoms with van der Waals surface area (Å²) < 4.78 is 7.50. The molecule has 0 bridgehead atoms. The van der Waals surface area contributed by atoms with Gasteiger partial charge in [0.15, 0.2) is 10.6 Å². The third-order valence-electron chi connectivity index (χ3n) is 3.95. The van der Waals surface area contributed by atoms with E-state index in [-0.39, 0.29) is 11.3 Å². The Hall–Kier alpha value is -2.90. The highest BCUT2D eigenvalue weighted by molar-refractivity contribution is 7.09. The Labute approximate surface area is 170 Å². The highest BCUT2D eigenvalue weighted by Crippen LogP contribution is 2.25. The molecule has 0 aliphatic heterocycles. The number of nitrogens with zero attached hydrogens (tertiary/aromatic N) is 5. The molecule has 0 saturated heterocycles. The van der Waals surface area contributed by atoms with Gasteiger partial charge in [-0.05, 0) is 29.5 Å². The van der Waals surface area contributed by atoms with E-state index >= 15 is 0 Å². The SMILES string of the molecule is COc1ccc(C#N)cc1C(=NC#N)/N=c1\sc(C(C)(C)C)cn1CC(C)C. The molecular weight excluding hydrogens is 370 g/mol. The van der Waals surface area contributed by atoms with Gasteiger partial charge in [-0.1, -0.05) is 34.6 Å². The first-order chi connectivity index (χ1) is 13.2. The van der Waals surface area contributed by atoms with E-state index < -0.39 is 0 Å². The predicted octanol–water partition coefficient (Wildman–Crippen LogP) is 4.21. The van der Waals surface area contributed by atoms with Crippen LogP contribution in [0.5, 0.6) is 5.75 Å². The van der Waals surface area contributed by atoms with Crippen LogP contribution in [0.25, 0.3) is 0 Å². The summed E-state index contributed by atoms with van der Waals surface area (Å²) in [5.41, 5.74) is 0.959. The second kappa shape index (κ2) is 8.86. The molecule has 0 aliphatic carbocycles. The lowest BCUT2D eigenvalue weighted by molar-refractivity contribution is 0.414. The molecule has 0 atom stereocenters. The molecular formula is C21H25N5OS. The molecule has 0 radical (unpaired) electrons. The largest absolute Gasteiger partial charge is 0.496 e. The number of methoxy groups -OCH3 is 1. The standard InChI is InChI=1S/C21H25N5OS/c1-14(2)11-26-12-18(21(3,4)5)28-20(26)25-19(24-13-23)16-9-15(10-22)7-8-17(16)27-6/h7-9,12,14H,11H2,1-6H3/b24-19?,25-20-. The average Bonchev–Trinajstić information content (AvgIpc) is 3.03. The van der Waals surface area contributed by atoms with Crippen LogP contribution in [0.4, 0.5) is 0 Å². The minimum Gasteiger partial charge on any atom is -0.496 e. The second-order valence-electron chi connectivity index (χ2n) is 7.85. The van der Waals surface area contributed by atoms with E-state index in [0.29, 0.717) is 22.8 Å². The summed E-state index contributed by atoms with van der Waals surface area (Å²) in [5.74, 6) is 1.19. The highest BCUT2D eigenvalue weighted by Gasteiger charge is 2.19. The Bertz CT molecular complexity index is 1020. The van der Waals surface area contributed by atoms with Gasteiger partial charge in [-0.25, -0.2) is 0 Å². The zero-order valence-corrected chi connectivity index (χ0v) is 18.0. The Balaban J connectivity index is 2.72. The van der Waals surface area contributed by atoms with Crippen molar-refractivity contribution in [1.82, 2.24) is 4.57 Å². The van der Waals surface area contributed by atoms with Crippen LogP contribution in [0.1, 0.15) is 50.6 Å². The molecule has 0 saturated carbocycles. The van der Waals surface area contributed by atoms with Gasteiger partial charge in [0.05, 0.1) is 24.3 Å². The van der Waals surface area contributed by atoms with Gasteiger partial charge >= 0.3 is 0 Å². The monoisotopic (exact) mass is 395 g/mol. The lowest BCUT2D eigenvalue weighted by Gasteiger charge is -2.14. The number of thiazole rings is 1. The Morgan fingerprint density at radius 1 is 1.29 bits per heavy atom. The first-order valence-corrected chi connectivity index (χ1v) is 9.82. The number of benzene rings is 1. The number of hydrogen-bond donors (Lipinski definition) is 0. The molecule has 1 heterocycles. The van der Waals surface area contributed by atoms with E-state index in [2.05, 4.69) is 56.4 Å². The second-order valence-corrected chi connectivity index (χ2v) is 8.86. The van der Waals surface area contributed by atoms with E-state index in [1.807, 2.05) is 6.19 Å². The molecule has 1 aromatic carbocycles. The van der Waals surface area contributed by atoms with Crippen LogP contribution in [-0.2, 0) is 12.0 Å². The van der Waals surface area contributed by atoms with Crippen LogP contribution in [0.2, 0.25) is 0 Å². The lowest BCUT2D eigenvalue weighted by atomic mass is 9.95. The molecule has 0 aliphatic rings. The number of ether oxygens (including phenoxy) is 1. The van der Waals surface area contributed by atoms with Gasteiger partial charge < -0.3 is 9.30 Å². The molecule has 1 aromatic heterocycles. The third kappa shape index (κ3) is 5.09. The van der Waals surface area contributed by atoms with Gasteiger partial charge in [-0.15, -0.1) is 11.3 Å². The number of aromatic nitrogens is 1. The number of hydrogen-bond acceptors (Lipinski definition) is 5. The predicted molar refractivity (Wildman–Crippen MR) is 111 cm³/mol. The van der Waals surface area contributed by atoms with Crippen LogP contribution in [-0.4, -0.2) is 17.5 Å². The van der Waals surface area contributed by atoms with Crippen molar-refractivity contribution >= 4 is 17.2 Å². The van der Waals surface area contributed by atoms with Crippen LogP contribution < -0.4 is 9.54 Å². The molecule has 0 fully saturated rings. The van der Waals surface area contributed by atoms with E-state index in [1.165, 1.54) is 12.0 Å². The van der Waals surface area contributed by atoms with E-state index in [0.717, 1.165) is 11.3 Å². The molecule has 2 rings (SSSR count). The lowest BCUT2D eigenvalue weighted by Crippen LogP contribution is -2.19. The maximum Gasteiger partial charge on any atom is 0.207 e. The third-order valence-corrected chi connectivity index (χ3v) is 5.39. The minimum absolute atomic E-state index is 0.0118. The molecule has 0 spiro atoms. The summed E-state index contributed by atoms with van der Waals surface area (Å²) in [4.78, 5) is 10.6. The van der Waals surface area contributed by atoms with Crippen LogP contribution in [0, 0.1) is 28.7 Å². The maximum absolute atomic E-state index is 9.23. The first-order valence-electron chi connectivity index (χ1n) is 9.00. The zero-order valence-electron chi connectivity index (χ0n) is 17.1. The van der Waals surface area contributed by atoms with Gasteiger partial charge in [0.2, 0.25) is 6.19 Å². The topological polar surface area (TPSA) is 86.5 Å². The van der Waals surface area contributed by atoms with Crippen molar-refractivity contribution < 1.29 is 4.74 Å². The van der Waals surface area contributed by atoms with E-state index in [9.17, 15) is 10.5 Å². The Morgan fingerprint density at radius 2 is 2.00 bits per heavy atom. The quantitative estimate of drug-likeness (QED) is 0.441. The van der Waals surface area contributed by atoms with Gasteiger partial charge in [0.25, 0.3) is 0 Å². The Morgan fingerprint density at radius 3 is 2.54 bits per heavy atom. The summed E-state index contributed by atoms with van der Waals surface area (Å²) in [5, 5.41) is 18.4. The summed E-state index contributed by atoms with van der Waals surface area (Å²) >= 11 is 1.58. The first kappa shape index (κ1) is 21.4. The van der Waals surface area contributed by atoms with Crippen molar-refractivity contribution in [1.29, 1.82) is 10.5 Å². The molecule has 0 N–H and O–H groups in total. The fourth-order valence-corrected chi connectivity index (χ4v) is 3.63. The summed E-state index contributed by atoms with van der Waals surface area (Å²) in [6.07, 6.45) is 3.95. The summed E-state index contributed by atoms with van der Waals surface area (Å²) in [7, 11) is 1.54. The van der Waals surface area contributed by atoms with Crippen LogP contribution >= 0.6 is 11.3 Å². The van der Waals surface area contributed by atoms with Crippen LogP contribution in [0.3, 0.4) is 0 Å². The van der Waals surface area contributed by atoms with Crippen molar-refractivity contribution in [3.63, 3.8) is 0 Å². The molecule has 28 heavy (non-hydrogen) atoms. The molecule has 0 amide bonds. The smallest absolute Gasteiger partial charge is 0.207 e. The van der Waals surface area contributed by atoms with Crippen LogP contribution in [0.15, 0.2) is 34.4 Å². The Kier molecular flexibility index (Phi) is 6.77. The van der Waals surface area contributed by atoms with E-state index in [4.69, 9.17) is 9.73 Å². The van der Waals surface area contributed by atoms with E-state index in [1.54, 1.807) is 29.5 Å². The molecule has 0 unspecified atom stereocenters. The van der Waals surface area contributed by atoms with Crippen molar-refractivity contribution in [3.8, 4) is 18.0 Å². The maximum atomic E-state index is 9.23. The number of aliphatic imine (C=N–C) groups is 1. The fraction of sp³-hybridized carbons (Fsp3) is 0.429.